The lowest BCUT2D eigenvalue weighted by molar-refractivity contribution is -0.142. The highest BCUT2D eigenvalue weighted by atomic mass is 16.5. The highest BCUT2D eigenvalue weighted by Gasteiger charge is 2.23. The first-order valence-corrected chi connectivity index (χ1v) is 7.44. The second-order valence-corrected chi connectivity index (χ2v) is 6.42. The van der Waals surface area contributed by atoms with E-state index >= 15 is 0 Å². The summed E-state index contributed by atoms with van der Waals surface area (Å²) in [4.78, 5) is 11.9. The Hall–Kier alpha value is -2.29. The summed E-state index contributed by atoms with van der Waals surface area (Å²) >= 11 is 0. The molecule has 22 heavy (non-hydrogen) atoms. The number of hydrogen-bond donors (Lipinski definition) is 1. The van der Waals surface area contributed by atoms with Gasteiger partial charge in [0, 0.05) is 0 Å². The first-order valence-electron chi connectivity index (χ1n) is 7.44. The minimum atomic E-state index is -0.522. The van der Waals surface area contributed by atoms with Crippen LogP contribution in [0.3, 0.4) is 0 Å². The van der Waals surface area contributed by atoms with Crippen molar-refractivity contribution in [1.29, 1.82) is 0 Å². The van der Waals surface area contributed by atoms with E-state index in [1.54, 1.807) is 12.1 Å². The van der Waals surface area contributed by atoms with Crippen molar-refractivity contribution >= 4 is 5.97 Å². The Morgan fingerprint density at radius 1 is 1.05 bits per heavy atom. The summed E-state index contributed by atoms with van der Waals surface area (Å²) in [6.07, 6.45) is 1.52. The lowest BCUT2D eigenvalue weighted by Crippen LogP contribution is -2.25. The van der Waals surface area contributed by atoms with Crippen molar-refractivity contribution in [2.24, 2.45) is 5.41 Å². The van der Waals surface area contributed by atoms with Crippen molar-refractivity contribution in [2.45, 2.75) is 33.6 Å². The zero-order valence-corrected chi connectivity index (χ0v) is 13.3. The van der Waals surface area contributed by atoms with Crippen LogP contribution in [0.5, 0.6) is 11.5 Å². The molecule has 0 saturated carbocycles. The number of hydrogen-bond acceptors (Lipinski definition) is 3. The predicted molar refractivity (Wildman–Crippen MR) is 87.0 cm³/mol. The van der Waals surface area contributed by atoms with Crippen LogP contribution in [0, 0.1) is 5.41 Å². The van der Waals surface area contributed by atoms with Crippen molar-refractivity contribution < 1.29 is 14.6 Å². The van der Waals surface area contributed by atoms with Gasteiger partial charge in [0.05, 0.1) is 5.41 Å². The number of esters is 1. The molecule has 2 aromatic carbocycles. The average molecular weight is 298 g/mol. The van der Waals surface area contributed by atoms with Crippen LogP contribution in [0.15, 0.2) is 48.5 Å². The van der Waals surface area contributed by atoms with Crippen molar-refractivity contribution in [3.63, 3.8) is 0 Å². The topological polar surface area (TPSA) is 46.5 Å². The molecule has 0 fully saturated rings. The van der Waals surface area contributed by atoms with Gasteiger partial charge in [0.2, 0.25) is 0 Å². The van der Waals surface area contributed by atoms with E-state index in [0.29, 0.717) is 11.5 Å². The molecular formula is C19H22O3. The van der Waals surface area contributed by atoms with Crippen LogP contribution in [-0.2, 0) is 17.6 Å². The molecule has 1 N–H and O–H groups in total. The quantitative estimate of drug-likeness (QED) is 0.682. The number of rotatable bonds is 4. The molecule has 0 bridgehead atoms. The van der Waals surface area contributed by atoms with Gasteiger partial charge < -0.3 is 9.84 Å². The third-order valence-corrected chi connectivity index (χ3v) is 3.40. The molecule has 0 aromatic heterocycles. The lowest BCUT2D eigenvalue weighted by atomic mass is 9.97. The molecule has 0 atom stereocenters. The molecule has 3 heteroatoms. The number of aromatic hydroxyl groups is 1. The summed E-state index contributed by atoms with van der Waals surface area (Å²) in [7, 11) is 0. The van der Waals surface area contributed by atoms with Crippen LogP contribution in [0.4, 0.5) is 0 Å². The summed E-state index contributed by atoms with van der Waals surface area (Å²) in [5, 5.41) is 9.78. The Morgan fingerprint density at radius 3 is 2.45 bits per heavy atom. The van der Waals surface area contributed by atoms with Crippen LogP contribution in [-0.4, -0.2) is 11.1 Å². The number of carbonyl (C=O) groups is 1. The van der Waals surface area contributed by atoms with Gasteiger partial charge in [-0.2, -0.15) is 0 Å². The van der Waals surface area contributed by atoms with Crippen LogP contribution in [0.1, 0.15) is 31.9 Å². The normalized spacial score (nSPS) is 11.2. The minimum absolute atomic E-state index is 0.245. The standard InChI is InChI=1S/C19H22O3/c1-19(2,3)18(21)22-16-9-6-7-14(13-16)11-12-15-8-4-5-10-17(15)20/h4-10,13,20H,11-12H2,1-3H3. The van der Waals surface area contributed by atoms with E-state index in [4.69, 9.17) is 4.74 Å². The summed E-state index contributed by atoms with van der Waals surface area (Å²) in [6.45, 7) is 5.49. The number of phenols is 1. The van der Waals surface area contributed by atoms with Gasteiger partial charge in [0.1, 0.15) is 11.5 Å². The SMILES string of the molecule is CC(C)(C)C(=O)Oc1cccc(CCc2ccccc2O)c1. The van der Waals surface area contributed by atoms with Crippen LogP contribution in [0.25, 0.3) is 0 Å². The number of ether oxygens (including phenoxy) is 1. The molecule has 0 saturated heterocycles. The monoisotopic (exact) mass is 298 g/mol. The van der Waals surface area contributed by atoms with Gasteiger partial charge in [-0.15, -0.1) is 0 Å². The summed E-state index contributed by atoms with van der Waals surface area (Å²) < 4.78 is 5.41. The highest BCUT2D eigenvalue weighted by molar-refractivity contribution is 5.77. The van der Waals surface area contributed by atoms with E-state index in [0.717, 1.165) is 24.0 Å². The molecule has 0 unspecified atom stereocenters. The Morgan fingerprint density at radius 2 is 1.77 bits per heavy atom. The van der Waals surface area contributed by atoms with Gasteiger partial charge in [0.25, 0.3) is 0 Å². The molecule has 0 aliphatic carbocycles. The molecule has 116 valence electrons. The maximum Gasteiger partial charge on any atom is 0.316 e. The maximum absolute atomic E-state index is 11.9. The second kappa shape index (κ2) is 6.65. The molecule has 0 aliphatic rings. The van der Waals surface area contributed by atoms with Gasteiger partial charge in [-0.3, -0.25) is 4.79 Å². The van der Waals surface area contributed by atoms with Crippen LogP contribution in [0.2, 0.25) is 0 Å². The van der Waals surface area contributed by atoms with E-state index in [1.807, 2.05) is 57.2 Å². The highest BCUT2D eigenvalue weighted by Crippen LogP contribution is 2.22. The first kappa shape index (κ1) is 16.1. The summed E-state index contributed by atoms with van der Waals surface area (Å²) in [5.74, 6) is 0.637. The number of aryl methyl sites for hydroxylation is 2. The van der Waals surface area contributed by atoms with E-state index in [1.165, 1.54) is 0 Å². The number of para-hydroxylation sites is 1. The van der Waals surface area contributed by atoms with E-state index in [2.05, 4.69) is 0 Å². The molecular weight excluding hydrogens is 276 g/mol. The average Bonchev–Trinajstić information content (AvgIpc) is 2.46. The molecule has 0 spiro atoms. The number of carbonyl (C=O) groups excluding carboxylic acids is 1. The second-order valence-electron chi connectivity index (χ2n) is 6.42. The molecule has 3 nitrogen and oxygen atoms in total. The van der Waals surface area contributed by atoms with Gasteiger partial charge in [-0.25, -0.2) is 0 Å². The van der Waals surface area contributed by atoms with Crippen LogP contribution >= 0.6 is 0 Å². The van der Waals surface area contributed by atoms with Gasteiger partial charge in [0.15, 0.2) is 0 Å². The first-order chi connectivity index (χ1) is 10.4. The molecule has 0 heterocycles. The zero-order chi connectivity index (χ0) is 16.2. The Balaban J connectivity index is 2.03. The Bertz CT molecular complexity index is 654. The Labute approximate surface area is 131 Å². The van der Waals surface area contributed by atoms with Gasteiger partial charge in [-0.1, -0.05) is 30.3 Å². The third-order valence-electron chi connectivity index (χ3n) is 3.40. The Kier molecular flexibility index (Phi) is 4.86. The largest absolute Gasteiger partial charge is 0.508 e. The summed E-state index contributed by atoms with van der Waals surface area (Å²) in [5.41, 5.74) is 1.47. The fraction of sp³-hybridized carbons (Fsp3) is 0.316. The van der Waals surface area contributed by atoms with Crippen molar-refractivity contribution in [3.05, 3.63) is 59.7 Å². The molecule has 2 aromatic rings. The maximum atomic E-state index is 11.9. The lowest BCUT2D eigenvalue weighted by Gasteiger charge is -2.16. The van der Waals surface area contributed by atoms with Gasteiger partial charge >= 0.3 is 5.97 Å². The van der Waals surface area contributed by atoms with Crippen molar-refractivity contribution in [2.75, 3.05) is 0 Å². The zero-order valence-electron chi connectivity index (χ0n) is 13.3. The van der Waals surface area contributed by atoms with E-state index in [-0.39, 0.29) is 5.97 Å². The number of phenolic OH excluding ortho intramolecular Hbond substituents is 1. The predicted octanol–water partition coefficient (Wildman–Crippen LogP) is 4.13. The van der Waals surface area contributed by atoms with Crippen molar-refractivity contribution in [3.8, 4) is 11.5 Å². The summed E-state index contributed by atoms with van der Waals surface area (Å²) in [6, 6.07) is 14.9. The molecule has 0 amide bonds. The molecule has 0 radical (unpaired) electrons. The van der Waals surface area contributed by atoms with E-state index < -0.39 is 5.41 Å². The smallest absolute Gasteiger partial charge is 0.316 e. The minimum Gasteiger partial charge on any atom is -0.508 e. The van der Waals surface area contributed by atoms with Gasteiger partial charge in [-0.05, 0) is 62.9 Å². The fourth-order valence-electron chi connectivity index (χ4n) is 2.03. The molecule has 0 aliphatic heterocycles. The fourth-order valence-corrected chi connectivity index (χ4v) is 2.03. The van der Waals surface area contributed by atoms with Crippen LogP contribution < -0.4 is 4.74 Å². The van der Waals surface area contributed by atoms with E-state index in [9.17, 15) is 9.90 Å². The van der Waals surface area contributed by atoms with Crippen molar-refractivity contribution in [1.82, 2.24) is 0 Å². The third kappa shape index (κ3) is 4.35. The molecule has 2 rings (SSSR count). The number of benzene rings is 2.